The summed E-state index contributed by atoms with van der Waals surface area (Å²) < 4.78 is 18.5. The van der Waals surface area contributed by atoms with Gasteiger partial charge >= 0.3 is 0 Å². The van der Waals surface area contributed by atoms with Gasteiger partial charge in [-0.25, -0.2) is 4.39 Å². The molecule has 0 aromatic rings. The monoisotopic (exact) mass is 147 g/mol. The van der Waals surface area contributed by atoms with Gasteiger partial charge in [0, 0.05) is 18.9 Å². The Balaban J connectivity index is 2.49. The Kier molecular flexibility index (Phi) is 2.26. The highest BCUT2D eigenvalue weighted by molar-refractivity contribution is 4.88. The lowest BCUT2D eigenvalue weighted by atomic mass is 9.90. The number of ether oxygens (including phenoxy) is 1. The second-order valence-electron chi connectivity index (χ2n) is 2.97. The second-order valence-corrected chi connectivity index (χ2v) is 2.97. The zero-order valence-corrected chi connectivity index (χ0v) is 6.27. The maximum Gasteiger partial charge on any atom is 0.140 e. The minimum absolute atomic E-state index is 0.0741. The molecule has 2 N–H and O–H groups in total. The molecule has 1 aliphatic heterocycles. The van der Waals surface area contributed by atoms with Crippen LogP contribution in [-0.2, 0) is 4.74 Å². The molecule has 0 spiro atoms. The van der Waals surface area contributed by atoms with Crippen molar-refractivity contribution in [3.05, 3.63) is 0 Å². The van der Waals surface area contributed by atoms with Crippen molar-refractivity contribution >= 4 is 0 Å². The third kappa shape index (κ3) is 1.30. The van der Waals surface area contributed by atoms with Gasteiger partial charge in [0.25, 0.3) is 0 Å². The highest BCUT2D eigenvalue weighted by atomic mass is 19.1. The van der Waals surface area contributed by atoms with E-state index in [0.29, 0.717) is 19.6 Å². The molecule has 0 saturated carbocycles. The summed E-state index contributed by atoms with van der Waals surface area (Å²) in [5.41, 5.74) is 4.20. The summed E-state index contributed by atoms with van der Waals surface area (Å²) in [6, 6.07) is 0. The highest BCUT2D eigenvalue weighted by Gasteiger charge is 2.39. The molecule has 0 aromatic carbocycles. The number of rotatable bonds is 2. The van der Waals surface area contributed by atoms with Gasteiger partial charge in [-0.2, -0.15) is 0 Å². The Bertz CT molecular complexity index is 112. The molecule has 0 amide bonds. The van der Waals surface area contributed by atoms with Crippen LogP contribution < -0.4 is 5.73 Å². The normalized spacial score (nSPS) is 36.3. The molecular formula is C7H14FNO. The Hall–Kier alpha value is -0.150. The molecule has 2 nitrogen and oxygen atoms in total. The third-order valence-electron chi connectivity index (χ3n) is 2.24. The molecule has 1 rings (SSSR count). The second kappa shape index (κ2) is 2.84. The fourth-order valence-electron chi connectivity index (χ4n) is 1.16. The van der Waals surface area contributed by atoms with E-state index in [9.17, 15) is 4.39 Å². The first kappa shape index (κ1) is 7.95. The number of hydrogen-bond donors (Lipinski definition) is 1. The molecule has 0 bridgehead atoms. The van der Waals surface area contributed by atoms with Crippen LogP contribution in [0.3, 0.4) is 0 Å². The molecule has 3 heteroatoms. The summed E-state index contributed by atoms with van der Waals surface area (Å²) in [4.78, 5) is 0. The predicted molar refractivity (Wildman–Crippen MR) is 37.5 cm³/mol. The van der Waals surface area contributed by atoms with Gasteiger partial charge in [0.15, 0.2) is 0 Å². The van der Waals surface area contributed by atoms with E-state index < -0.39 is 5.67 Å². The van der Waals surface area contributed by atoms with Crippen molar-refractivity contribution < 1.29 is 9.13 Å². The average Bonchev–Trinajstić information content (AvgIpc) is 2.36. The highest BCUT2D eigenvalue weighted by Crippen LogP contribution is 2.30. The van der Waals surface area contributed by atoms with E-state index in [1.807, 2.05) is 6.92 Å². The quantitative estimate of drug-likeness (QED) is 0.624. The van der Waals surface area contributed by atoms with Crippen molar-refractivity contribution in [2.24, 2.45) is 11.7 Å². The van der Waals surface area contributed by atoms with Gasteiger partial charge in [-0.05, 0) is 6.54 Å². The van der Waals surface area contributed by atoms with Gasteiger partial charge in [0.1, 0.15) is 5.67 Å². The first-order valence-electron chi connectivity index (χ1n) is 3.66. The maximum absolute atomic E-state index is 13.5. The average molecular weight is 147 g/mol. The molecule has 0 aromatic heterocycles. The van der Waals surface area contributed by atoms with Crippen LogP contribution in [0.25, 0.3) is 0 Å². The van der Waals surface area contributed by atoms with E-state index in [1.54, 1.807) is 0 Å². The van der Waals surface area contributed by atoms with Gasteiger partial charge in [-0.15, -0.1) is 0 Å². The van der Waals surface area contributed by atoms with Crippen molar-refractivity contribution in [3.63, 3.8) is 0 Å². The summed E-state index contributed by atoms with van der Waals surface area (Å²) in [5, 5.41) is 0. The zero-order chi connectivity index (χ0) is 7.61. The minimum atomic E-state index is -1.14. The number of nitrogens with two attached hydrogens (primary N) is 1. The number of hydrogen-bond acceptors (Lipinski definition) is 2. The topological polar surface area (TPSA) is 35.2 Å². The van der Waals surface area contributed by atoms with E-state index in [2.05, 4.69) is 0 Å². The summed E-state index contributed by atoms with van der Waals surface area (Å²) in [5.74, 6) is -0.0741. The molecule has 1 aliphatic rings. The molecule has 0 aliphatic carbocycles. The van der Waals surface area contributed by atoms with Gasteiger partial charge in [-0.3, -0.25) is 0 Å². The summed E-state index contributed by atoms with van der Waals surface area (Å²) in [6.07, 6.45) is 0.505. The van der Waals surface area contributed by atoms with Gasteiger partial charge in [-0.1, -0.05) is 6.92 Å². The summed E-state index contributed by atoms with van der Waals surface area (Å²) in [7, 11) is 0. The molecule has 1 heterocycles. The molecule has 2 atom stereocenters. The fraction of sp³-hybridized carbons (Fsp3) is 1.00. The Labute approximate surface area is 60.5 Å². The largest absolute Gasteiger partial charge is 0.378 e. The molecule has 1 fully saturated rings. The number of alkyl halides is 1. The van der Waals surface area contributed by atoms with Crippen molar-refractivity contribution in [2.75, 3.05) is 19.8 Å². The molecule has 1 saturated heterocycles. The van der Waals surface area contributed by atoms with Crippen LogP contribution in [0.1, 0.15) is 13.3 Å². The van der Waals surface area contributed by atoms with Crippen LogP contribution in [-0.4, -0.2) is 25.4 Å². The molecule has 60 valence electrons. The van der Waals surface area contributed by atoms with Crippen LogP contribution in [0.15, 0.2) is 0 Å². The first-order valence-corrected chi connectivity index (χ1v) is 3.66. The Morgan fingerprint density at radius 1 is 1.80 bits per heavy atom. The molecule has 10 heavy (non-hydrogen) atoms. The van der Waals surface area contributed by atoms with Crippen molar-refractivity contribution in [1.29, 1.82) is 0 Å². The van der Waals surface area contributed by atoms with Gasteiger partial charge < -0.3 is 10.5 Å². The van der Waals surface area contributed by atoms with Crippen LogP contribution in [0.4, 0.5) is 4.39 Å². The predicted octanol–water partition coefficient (Wildman–Crippen LogP) is 0.710. The summed E-state index contributed by atoms with van der Waals surface area (Å²) in [6.45, 7) is 3.00. The van der Waals surface area contributed by atoms with Crippen LogP contribution in [0, 0.1) is 5.92 Å². The van der Waals surface area contributed by atoms with Crippen LogP contribution >= 0.6 is 0 Å². The zero-order valence-electron chi connectivity index (χ0n) is 6.27. The SMILES string of the molecule is CC(CN)C1(F)CCOC1. The van der Waals surface area contributed by atoms with Gasteiger partial charge in [0.2, 0.25) is 0 Å². The van der Waals surface area contributed by atoms with E-state index >= 15 is 0 Å². The van der Waals surface area contributed by atoms with E-state index in [0.717, 1.165) is 0 Å². The lowest BCUT2D eigenvalue weighted by molar-refractivity contribution is 0.0691. The van der Waals surface area contributed by atoms with Crippen molar-refractivity contribution in [1.82, 2.24) is 0 Å². The first-order chi connectivity index (χ1) is 4.69. The van der Waals surface area contributed by atoms with E-state index in [4.69, 9.17) is 10.5 Å². The fourth-order valence-corrected chi connectivity index (χ4v) is 1.16. The van der Waals surface area contributed by atoms with Crippen molar-refractivity contribution in [3.8, 4) is 0 Å². The Morgan fingerprint density at radius 3 is 2.90 bits per heavy atom. The van der Waals surface area contributed by atoms with Gasteiger partial charge in [0.05, 0.1) is 6.61 Å². The molecular weight excluding hydrogens is 133 g/mol. The summed E-state index contributed by atoms with van der Waals surface area (Å²) >= 11 is 0. The smallest absolute Gasteiger partial charge is 0.140 e. The standard InChI is InChI=1S/C7H14FNO/c1-6(4-9)7(8)2-3-10-5-7/h6H,2-5,9H2,1H3. The van der Waals surface area contributed by atoms with Crippen LogP contribution in [0.2, 0.25) is 0 Å². The lowest BCUT2D eigenvalue weighted by Gasteiger charge is -2.23. The Morgan fingerprint density at radius 2 is 2.50 bits per heavy atom. The minimum Gasteiger partial charge on any atom is -0.378 e. The van der Waals surface area contributed by atoms with Crippen LogP contribution in [0.5, 0.6) is 0 Å². The van der Waals surface area contributed by atoms with E-state index in [1.165, 1.54) is 0 Å². The number of halogens is 1. The van der Waals surface area contributed by atoms with E-state index in [-0.39, 0.29) is 12.5 Å². The third-order valence-corrected chi connectivity index (χ3v) is 2.24. The lowest BCUT2D eigenvalue weighted by Crippen LogP contribution is -2.36. The maximum atomic E-state index is 13.5. The van der Waals surface area contributed by atoms with Crippen molar-refractivity contribution in [2.45, 2.75) is 19.0 Å². The molecule has 2 unspecified atom stereocenters. The molecule has 0 radical (unpaired) electrons.